The van der Waals surface area contributed by atoms with E-state index in [-0.39, 0.29) is 19.4 Å². The zero-order valence-electron chi connectivity index (χ0n) is 11.7. The Bertz CT molecular complexity index is 461. The van der Waals surface area contributed by atoms with Gasteiger partial charge in [-0.05, 0) is 0 Å². The van der Waals surface area contributed by atoms with Gasteiger partial charge in [-0.3, -0.25) is 4.79 Å². The van der Waals surface area contributed by atoms with Gasteiger partial charge in [0.05, 0.1) is 6.10 Å². The predicted octanol–water partition coefficient (Wildman–Crippen LogP) is -2.84. The average Bonchev–Trinajstić information content (AvgIpc) is 2.46. The number of rotatable bonds is 6. The van der Waals surface area contributed by atoms with E-state index in [4.69, 9.17) is 16.3 Å². The fourth-order valence-corrected chi connectivity index (χ4v) is 2.02. The fourth-order valence-electron chi connectivity index (χ4n) is 2.02. The third-order valence-corrected chi connectivity index (χ3v) is 3.27. The van der Waals surface area contributed by atoms with Crippen molar-refractivity contribution in [3.8, 4) is 12.3 Å². The maximum Gasteiger partial charge on any atom is 0.364 e. The molecule has 22 heavy (non-hydrogen) atoms. The van der Waals surface area contributed by atoms with Crippen molar-refractivity contribution in [3.05, 3.63) is 0 Å². The first-order valence-corrected chi connectivity index (χ1v) is 6.59. The lowest BCUT2D eigenvalue weighted by atomic mass is 9.92. The summed E-state index contributed by atoms with van der Waals surface area (Å²) in [6.45, 7) is -0.368. The van der Waals surface area contributed by atoms with Crippen molar-refractivity contribution in [1.82, 2.24) is 5.32 Å². The van der Waals surface area contributed by atoms with Crippen LogP contribution in [-0.4, -0.2) is 74.2 Å². The molecule has 124 valence electrons. The Hall–Kier alpha value is -1.70. The number of amides is 1. The van der Waals surface area contributed by atoms with E-state index in [0.29, 0.717) is 0 Å². The van der Waals surface area contributed by atoms with E-state index in [1.54, 1.807) is 0 Å². The molecule has 6 N–H and O–H groups in total. The minimum atomic E-state index is -2.72. The number of aliphatic carboxylic acids is 1. The maximum absolute atomic E-state index is 11.4. The third-order valence-electron chi connectivity index (χ3n) is 3.27. The van der Waals surface area contributed by atoms with Gasteiger partial charge in [0.15, 0.2) is 0 Å². The molecule has 0 bridgehead atoms. The lowest BCUT2D eigenvalue weighted by Gasteiger charge is -2.41. The van der Waals surface area contributed by atoms with E-state index >= 15 is 0 Å². The van der Waals surface area contributed by atoms with Gasteiger partial charge in [0.2, 0.25) is 5.91 Å². The Morgan fingerprint density at radius 2 is 2.09 bits per heavy atom. The Morgan fingerprint density at radius 3 is 2.64 bits per heavy atom. The summed E-state index contributed by atoms with van der Waals surface area (Å²) < 4.78 is 4.81. The van der Waals surface area contributed by atoms with Gasteiger partial charge in [-0.1, -0.05) is 0 Å². The summed E-state index contributed by atoms with van der Waals surface area (Å²) in [5, 5.41) is 50.2. The van der Waals surface area contributed by atoms with Crippen LogP contribution in [0.15, 0.2) is 0 Å². The Morgan fingerprint density at radius 1 is 1.45 bits per heavy atom. The molecule has 5 atom stereocenters. The number of aliphatic hydroxyl groups excluding tert-OH is 3. The molecule has 1 fully saturated rings. The van der Waals surface area contributed by atoms with Crippen LogP contribution in [0.5, 0.6) is 0 Å². The number of hydrogen-bond donors (Lipinski definition) is 6. The number of terminal acetylenes is 1. The summed E-state index contributed by atoms with van der Waals surface area (Å²) >= 11 is 0. The Balaban J connectivity index is 2.66. The second-order valence-electron chi connectivity index (χ2n) is 5.01. The van der Waals surface area contributed by atoms with Crippen molar-refractivity contribution >= 4 is 11.9 Å². The fraction of sp³-hybridized carbons (Fsp3) is 0.692. The van der Waals surface area contributed by atoms with Gasteiger partial charge in [-0.15, -0.1) is 12.3 Å². The quantitative estimate of drug-likeness (QED) is 0.286. The molecule has 1 aliphatic heterocycles. The van der Waals surface area contributed by atoms with Gasteiger partial charge < -0.3 is 35.6 Å². The third kappa shape index (κ3) is 4.40. The molecular formula is C13H19NO8. The van der Waals surface area contributed by atoms with E-state index in [1.807, 2.05) is 0 Å². The first-order chi connectivity index (χ1) is 10.2. The van der Waals surface area contributed by atoms with Gasteiger partial charge in [0.1, 0.15) is 18.3 Å². The smallest absolute Gasteiger partial charge is 0.364 e. The van der Waals surface area contributed by atoms with Gasteiger partial charge in [-0.25, -0.2) is 4.79 Å². The first kappa shape index (κ1) is 18.3. The Labute approximate surface area is 126 Å². The molecule has 1 amide bonds. The lowest BCUT2D eigenvalue weighted by Crippen LogP contribution is -2.62. The summed E-state index contributed by atoms with van der Waals surface area (Å²) in [7, 11) is 0. The molecule has 0 aromatic rings. The van der Waals surface area contributed by atoms with Crippen molar-refractivity contribution in [3.63, 3.8) is 0 Å². The van der Waals surface area contributed by atoms with E-state index in [2.05, 4.69) is 11.2 Å². The summed E-state index contributed by atoms with van der Waals surface area (Å²) in [5.74, 6) is -2.66. The van der Waals surface area contributed by atoms with E-state index < -0.39 is 48.5 Å². The minimum absolute atomic E-state index is 0.0407. The minimum Gasteiger partial charge on any atom is -0.477 e. The van der Waals surface area contributed by atoms with Crippen LogP contribution in [0, 0.1) is 12.3 Å². The van der Waals surface area contributed by atoms with Crippen LogP contribution in [-0.2, 0) is 14.3 Å². The van der Waals surface area contributed by atoms with Crippen molar-refractivity contribution in [2.75, 3.05) is 6.54 Å². The highest BCUT2D eigenvalue weighted by Crippen LogP contribution is 2.29. The maximum atomic E-state index is 11.4. The molecular weight excluding hydrogens is 298 g/mol. The molecule has 1 aliphatic rings. The highest BCUT2D eigenvalue weighted by molar-refractivity contribution is 5.76. The van der Waals surface area contributed by atoms with Gasteiger partial charge in [-0.2, -0.15) is 0 Å². The summed E-state index contributed by atoms with van der Waals surface area (Å²) in [6.07, 6.45) is -1.84. The monoisotopic (exact) mass is 317 g/mol. The van der Waals surface area contributed by atoms with Gasteiger partial charge >= 0.3 is 5.97 Å². The van der Waals surface area contributed by atoms with E-state index in [1.165, 1.54) is 0 Å². The van der Waals surface area contributed by atoms with Crippen molar-refractivity contribution in [2.24, 2.45) is 0 Å². The van der Waals surface area contributed by atoms with Crippen molar-refractivity contribution in [1.29, 1.82) is 0 Å². The van der Waals surface area contributed by atoms with Crippen LogP contribution < -0.4 is 5.32 Å². The lowest BCUT2D eigenvalue weighted by molar-refractivity contribution is -0.306. The van der Waals surface area contributed by atoms with Crippen LogP contribution in [0.1, 0.15) is 19.3 Å². The normalized spacial score (nSPS) is 32.8. The topological polar surface area (TPSA) is 157 Å². The molecule has 1 saturated heterocycles. The van der Waals surface area contributed by atoms with Crippen LogP contribution >= 0.6 is 0 Å². The summed E-state index contributed by atoms with van der Waals surface area (Å²) in [4.78, 5) is 22.3. The molecule has 0 aromatic heterocycles. The number of nitrogens with one attached hydrogen (secondary N) is 1. The second kappa shape index (κ2) is 7.53. The number of carboxylic acids is 1. The molecule has 0 saturated carbocycles. The van der Waals surface area contributed by atoms with E-state index in [9.17, 15) is 30.0 Å². The van der Waals surface area contributed by atoms with Crippen LogP contribution in [0.2, 0.25) is 0 Å². The van der Waals surface area contributed by atoms with Gasteiger partial charge in [0, 0.05) is 25.8 Å². The SMILES string of the molecule is C#CCCC(=O)NC[C@@H](O)C1OC(O)(C(=O)O)CC(O)[C@H]1O. The molecule has 0 aromatic carbocycles. The van der Waals surface area contributed by atoms with Crippen molar-refractivity contribution in [2.45, 2.75) is 49.5 Å². The summed E-state index contributed by atoms with van der Waals surface area (Å²) in [6, 6.07) is 0. The number of aliphatic hydroxyl groups is 4. The zero-order chi connectivity index (χ0) is 16.9. The molecule has 0 spiro atoms. The predicted molar refractivity (Wildman–Crippen MR) is 71.2 cm³/mol. The zero-order valence-corrected chi connectivity index (χ0v) is 11.7. The highest BCUT2D eigenvalue weighted by Gasteiger charge is 2.52. The van der Waals surface area contributed by atoms with Crippen molar-refractivity contribution < 1.29 is 39.9 Å². The molecule has 1 rings (SSSR count). The standard InChI is InChI=1S/C13H19NO8/c1-2-3-4-9(17)14-6-8(16)11-10(18)7(15)5-13(21,22-11)12(19)20/h1,7-8,10-11,15-16,18,21H,3-6H2,(H,14,17)(H,19,20)/t7?,8-,10-,11?,13?/m1/s1. The molecule has 0 radical (unpaired) electrons. The second-order valence-corrected chi connectivity index (χ2v) is 5.01. The number of carboxylic acid groups (broad SMARTS) is 1. The largest absolute Gasteiger partial charge is 0.477 e. The summed E-state index contributed by atoms with van der Waals surface area (Å²) in [5.41, 5.74) is 0. The molecule has 9 heteroatoms. The first-order valence-electron chi connectivity index (χ1n) is 6.59. The van der Waals surface area contributed by atoms with Crippen LogP contribution in [0.4, 0.5) is 0 Å². The molecule has 9 nitrogen and oxygen atoms in total. The highest BCUT2D eigenvalue weighted by atomic mass is 16.7. The van der Waals surface area contributed by atoms with Crippen LogP contribution in [0.25, 0.3) is 0 Å². The Kier molecular flexibility index (Phi) is 6.28. The number of carbonyl (C=O) groups is 2. The number of carbonyl (C=O) groups excluding carboxylic acids is 1. The molecule has 3 unspecified atom stereocenters. The number of ether oxygens (including phenoxy) is 1. The molecule has 0 aliphatic carbocycles. The number of hydrogen-bond acceptors (Lipinski definition) is 7. The average molecular weight is 317 g/mol. The molecule has 1 heterocycles. The van der Waals surface area contributed by atoms with E-state index in [0.717, 1.165) is 0 Å². The van der Waals surface area contributed by atoms with Gasteiger partial charge in [0.25, 0.3) is 5.79 Å². The van der Waals surface area contributed by atoms with Crippen LogP contribution in [0.3, 0.4) is 0 Å².